The summed E-state index contributed by atoms with van der Waals surface area (Å²) in [5.41, 5.74) is 2.21. The second-order valence-corrected chi connectivity index (χ2v) is 7.40. The summed E-state index contributed by atoms with van der Waals surface area (Å²) >= 11 is 6.17. The molecule has 0 aliphatic carbocycles. The Kier molecular flexibility index (Phi) is 6.79. The normalized spacial score (nSPS) is 12.8. The van der Waals surface area contributed by atoms with E-state index >= 15 is 0 Å². The van der Waals surface area contributed by atoms with Gasteiger partial charge in [0.25, 0.3) is 5.91 Å². The van der Waals surface area contributed by atoms with Crippen molar-refractivity contribution in [1.82, 2.24) is 10.2 Å². The number of halogens is 1. The number of rotatable bonds is 7. The minimum absolute atomic E-state index is 0.105. The summed E-state index contributed by atoms with van der Waals surface area (Å²) in [6, 6.07) is 11.9. The Bertz CT molecular complexity index is 964. The number of anilines is 2. The van der Waals surface area contributed by atoms with Gasteiger partial charge in [0.1, 0.15) is 5.75 Å². The molecule has 1 aliphatic rings. The molecule has 9 heteroatoms. The quantitative estimate of drug-likeness (QED) is 0.661. The fourth-order valence-electron chi connectivity index (χ4n) is 2.74. The number of hydrogen-bond donors (Lipinski definition) is 2. The van der Waals surface area contributed by atoms with Crippen LogP contribution >= 0.6 is 11.6 Å². The Labute approximate surface area is 179 Å². The highest BCUT2D eigenvalue weighted by molar-refractivity contribution is 6.32. The van der Waals surface area contributed by atoms with Crippen LogP contribution in [0.25, 0.3) is 0 Å². The van der Waals surface area contributed by atoms with E-state index in [2.05, 4.69) is 10.6 Å². The maximum Gasteiger partial charge on any atom is 0.319 e. The Morgan fingerprint density at radius 1 is 1.20 bits per heavy atom. The van der Waals surface area contributed by atoms with E-state index in [1.165, 1.54) is 4.90 Å². The molecular formula is C21H23ClN4O4. The molecule has 4 amide bonds. The van der Waals surface area contributed by atoms with Gasteiger partial charge >= 0.3 is 6.03 Å². The van der Waals surface area contributed by atoms with Crippen molar-refractivity contribution >= 4 is 40.8 Å². The first-order valence-corrected chi connectivity index (χ1v) is 9.78. The monoisotopic (exact) mass is 430 g/mol. The van der Waals surface area contributed by atoms with Gasteiger partial charge in [-0.25, -0.2) is 4.79 Å². The van der Waals surface area contributed by atoms with Crippen molar-refractivity contribution < 1.29 is 19.1 Å². The van der Waals surface area contributed by atoms with Gasteiger partial charge < -0.3 is 25.2 Å². The minimum atomic E-state index is -0.395. The van der Waals surface area contributed by atoms with Gasteiger partial charge in [0.05, 0.1) is 5.02 Å². The van der Waals surface area contributed by atoms with Crippen LogP contribution in [0, 0.1) is 0 Å². The Balaban J connectivity index is 1.51. The molecule has 0 saturated carbocycles. The van der Waals surface area contributed by atoms with Gasteiger partial charge in [-0.3, -0.25) is 9.59 Å². The fraction of sp³-hybridized carbons (Fsp3) is 0.286. The summed E-state index contributed by atoms with van der Waals surface area (Å²) in [5.74, 6) is 0.276. The van der Waals surface area contributed by atoms with Crippen LogP contribution in [0.2, 0.25) is 5.02 Å². The molecular weight excluding hydrogens is 408 g/mol. The number of nitrogens with one attached hydrogen (secondary N) is 2. The molecule has 2 aromatic rings. The fourth-order valence-corrected chi connectivity index (χ4v) is 2.98. The highest BCUT2D eigenvalue weighted by atomic mass is 35.5. The number of ether oxygens (including phenoxy) is 1. The minimum Gasteiger partial charge on any atom is -0.482 e. The van der Waals surface area contributed by atoms with Crippen molar-refractivity contribution in [3.8, 4) is 5.75 Å². The van der Waals surface area contributed by atoms with Crippen LogP contribution in [0.3, 0.4) is 0 Å². The SMILES string of the molecule is CN(C)C(=O)COc1ccc(NC(=O)NCc2cccc(N3CCC3=O)c2)cc1Cl. The molecule has 2 aromatic carbocycles. The zero-order valence-corrected chi connectivity index (χ0v) is 17.5. The molecule has 1 aliphatic heterocycles. The smallest absolute Gasteiger partial charge is 0.319 e. The van der Waals surface area contributed by atoms with Crippen LogP contribution in [0.4, 0.5) is 16.2 Å². The van der Waals surface area contributed by atoms with Gasteiger partial charge in [-0.2, -0.15) is 0 Å². The van der Waals surface area contributed by atoms with Crippen LogP contribution in [-0.4, -0.2) is 50.0 Å². The van der Waals surface area contributed by atoms with E-state index in [4.69, 9.17) is 16.3 Å². The Morgan fingerprint density at radius 3 is 2.63 bits per heavy atom. The first-order chi connectivity index (χ1) is 14.3. The van der Waals surface area contributed by atoms with Crippen LogP contribution in [0.1, 0.15) is 12.0 Å². The number of urea groups is 1. The topological polar surface area (TPSA) is 91.0 Å². The van der Waals surface area contributed by atoms with Gasteiger partial charge in [-0.05, 0) is 35.9 Å². The molecule has 3 rings (SSSR count). The summed E-state index contributed by atoms with van der Waals surface area (Å²) in [4.78, 5) is 38.5. The van der Waals surface area contributed by atoms with Crippen molar-refractivity contribution in [2.24, 2.45) is 0 Å². The number of carbonyl (C=O) groups excluding carboxylic acids is 3. The lowest BCUT2D eigenvalue weighted by Gasteiger charge is -2.30. The van der Waals surface area contributed by atoms with E-state index in [0.29, 0.717) is 24.4 Å². The van der Waals surface area contributed by atoms with Crippen LogP contribution in [-0.2, 0) is 16.1 Å². The lowest BCUT2D eigenvalue weighted by molar-refractivity contribution is -0.130. The van der Waals surface area contributed by atoms with Crippen molar-refractivity contribution in [3.63, 3.8) is 0 Å². The second-order valence-electron chi connectivity index (χ2n) is 6.99. The molecule has 0 unspecified atom stereocenters. The first-order valence-electron chi connectivity index (χ1n) is 9.40. The molecule has 0 atom stereocenters. The van der Waals surface area contributed by atoms with Gasteiger partial charge in [-0.15, -0.1) is 0 Å². The Morgan fingerprint density at radius 2 is 2.00 bits per heavy atom. The number of benzene rings is 2. The van der Waals surface area contributed by atoms with E-state index in [-0.39, 0.29) is 23.4 Å². The molecule has 0 spiro atoms. The molecule has 8 nitrogen and oxygen atoms in total. The van der Waals surface area contributed by atoms with Gasteiger partial charge in [-0.1, -0.05) is 23.7 Å². The maximum absolute atomic E-state index is 12.2. The zero-order chi connectivity index (χ0) is 21.7. The highest BCUT2D eigenvalue weighted by Crippen LogP contribution is 2.28. The van der Waals surface area contributed by atoms with Crippen molar-refractivity contribution in [2.75, 3.05) is 37.5 Å². The van der Waals surface area contributed by atoms with Gasteiger partial charge in [0, 0.05) is 45.0 Å². The third-order valence-corrected chi connectivity index (χ3v) is 4.86. The van der Waals surface area contributed by atoms with E-state index in [9.17, 15) is 14.4 Å². The average molecular weight is 431 g/mol. The molecule has 1 saturated heterocycles. The number of likely N-dealkylation sites (N-methyl/N-ethyl adjacent to an activating group) is 1. The van der Waals surface area contributed by atoms with Crippen LogP contribution in [0.5, 0.6) is 5.75 Å². The summed E-state index contributed by atoms with van der Waals surface area (Å²) in [5, 5.41) is 5.75. The summed E-state index contributed by atoms with van der Waals surface area (Å²) < 4.78 is 5.40. The van der Waals surface area contributed by atoms with Crippen molar-refractivity contribution in [2.45, 2.75) is 13.0 Å². The Hall–Kier alpha value is -3.26. The number of hydrogen-bond acceptors (Lipinski definition) is 4. The van der Waals surface area contributed by atoms with Gasteiger partial charge in [0.2, 0.25) is 5.91 Å². The molecule has 1 heterocycles. The lowest BCUT2D eigenvalue weighted by atomic mass is 10.1. The molecule has 158 valence electrons. The number of carbonyl (C=O) groups is 3. The predicted octanol–water partition coefficient (Wildman–Crippen LogP) is 2.87. The number of β-lactam (4-membered cyclic amide) rings is 1. The number of amides is 4. The van der Waals surface area contributed by atoms with Crippen molar-refractivity contribution in [3.05, 3.63) is 53.1 Å². The number of nitrogens with zero attached hydrogens (tertiary/aromatic N) is 2. The van der Waals surface area contributed by atoms with E-state index in [0.717, 1.165) is 17.8 Å². The average Bonchev–Trinajstić information content (AvgIpc) is 2.70. The molecule has 0 radical (unpaired) electrons. The van der Waals surface area contributed by atoms with Crippen LogP contribution < -0.4 is 20.3 Å². The third kappa shape index (κ3) is 5.42. The van der Waals surface area contributed by atoms with Crippen LogP contribution in [0.15, 0.2) is 42.5 Å². The van der Waals surface area contributed by atoms with E-state index in [1.54, 1.807) is 37.2 Å². The van der Waals surface area contributed by atoms with Crippen molar-refractivity contribution in [1.29, 1.82) is 0 Å². The second kappa shape index (κ2) is 9.49. The first kappa shape index (κ1) is 21.4. The van der Waals surface area contributed by atoms with E-state index < -0.39 is 6.03 Å². The lowest BCUT2D eigenvalue weighted by Crippen LogP contribution is -2.43. The maximum atomic E-state index is 12.2. The highest BCUT2D eigenvalue weighted by Gasteiger charge is 2.25. The van der Waals surface area contributed by atoms with E-state index in [1.807, 2.05) is 24.3 Å². The predicted molar refractivity (Wildman–Crippen MR) is 115 cm³/mol. The summed E-state index contributed by atoms with van der Waals surface area (Å²) in [6.45, 7) is 0.908. The molecule has 2 N–H and O–H groups in total. The summed E-state index contributed by atoms with van der Waals surface area (Å²) in [6.07, 6.45) is 0.573. The largest absolute Gasteiger partial charge is 0.482 e. The third-order valence-electron chi connectivity index (χ3n) is 4.57. The molecule has 30 heavy (non-hydrogen) atoms. The molecule has 1 fully saturated rings. The van der Waals surface area contributed by atoms with Gasteiger partial charge in [0.15, 0.2) is 6.61 Å². The molecule has 0 aromatic heterocycles. The molecule has 0 bridgehead atoms. The standard InChI is InChI=1S/C21H23ClN4O4/c1-25(2)20(28)13-30-18-7-6-15(11-17(18)22)24-21(29)23-12-14-4-3-5-16(10-14)26-9-8-19(26)27/h3-7,10-11H,8-9,12-13H2,1-2H3,(H2,23,24,29). The summed E-state index contributed by atoms with van der Waals surface area (Å²) in [7, 11) is 3.28. The zero-order valence-electron chi connectivity index (χ0n) is 16.8.